The van der Waals surface area contributed by atoms with Crippen molar-refractivity contribution in [3.63, 3.8) is 0 Å². The molecular formula is C16H28N2OS. The SMILES string of the molecule is CCC1CCC(C)N1C(=O)C1(C(N)=S)CCCCCC1. The van der Waals surface area contributed by atoms with Crippen molar-refractivity contribution in [2.24, 2.45) is 11.1 Å². The lowest BCUT2D eigenvalue weighted by Crippen LogP contribution is -2.53. The van der Waals surface area contributed by atoms with Crippen LogP contribution in [0.1, 0.15) is 71.6 Å². The van der Waals surface area contributed by atoms with Gasteiger partial charge in [-0.3, -0.25) is 4.79 Å². The largest absolute Gasteiger partial charge is 0.392 e. The van der Waals surface area contributed by atoms with Crippen LogP contribution in [0.25, 0.3) is 0 Å². The summed E-state index contributed by atoms with van der Waals surface area (Å²) in [6.07, 6.45) is 9.50. The van der Waals surface area contributed by atoms with Crippen LogP contribution in [0.15, 0.2) is 0 Å². The van der Waals surface area contributed by atoms with Crippen LogP contribution in [0.2, 0.25) is 0 Å². The molecule has 2 N–H and O–H groups in total. The Morgan fingerprint density at radius 3 is 2.35 bits per heavy atom. The van der Waals surface area contributed by atoms with Gasteiger partial charge in [-0.05, 0) is 39.0 Å². The molecule has 0 radical (unpaired) electrons. The predicted molar refractivity (Wildman–Crippen MR) is 86.5 cm³/mol. The van der Waals surface area contributed by atoms with Gasteiger partial charge in [-0.2, -0.15) is 0 Å². The van der Waals surface area contributed by atoms with E-state index in [0.717, 1.165) is 44.9 Å². The van der Waals surface area contributed by atoms with Crippen LogP contribution in [0, 0.1) is 5.41 Å². The summed E-state index contributed by atoms with van der Waals surface area (Å²) in [4.78, 5) is 15.8. The average molecular weight is 296 g/mol. The van der Waals surface area contributed by atoms with Crippen molar-refractivity contribution in [2.75, 3.05) is 0 Å². The van der Waals surface area contributed by atoms with Crippen molar-refractivity contribution < 1.29 is 4.79 Å². The summed E-state index contributed by atoms with van der Waals surface area (Å²) < 4.78 is 0. The van der Waals surface area contributed by atoms with Gasteiger partial charge in [-0.1, -0.05) is 44.8 Å². The number of amides is 1. The minimum Gasteiger partial charge on any atom is -0.392 e. The van der Waals surface area contributed by atoms with Crippen LogP contribution in [-0.2, 0) is 4.79 Å². The molecule has 0 spiro atoms. The first-order chi connectivity index (χ1) is 9.53. The van der Waals surface area contributed by atoms with E-state index in [1.54, 1.807) is 0 Å². The van der Waals surface area contributed by atoms with E-state index in [1.807, 2.05) is 0 Å². The maximum absolute atomic E-state index is 13.3. The Kier molecular flexibility index (Phi) is 5.05. The van der Waals surface area contributed by atoms with Crippen molar-refractivity contribution in [2.45, 2.75) is 83.7 Å². The van der Waals surface area contributed by atoms with Gasteiger partial charge in [0.2, 0.25) is 5.91 Å². The lowest BCUT2D eigenvalue weighted by Gasteiger charge is -2.39. The third kappa shape index (κ3) is 2.72. The third-order valence-corrected chi connectivity index (χ3v) is 5.72. The van der Waals surface area contributed by atoms with E-state index in [2.05, 4.69) is 18.7 Å². The molecule has 1 aliphatic heterocycles. The number of nitrogens with two attached hydrogens (primary N) is 1. The molecule has 4 heteroatoms. The van der Waals surface area contributed by atoms with Gasteiger partial charge < -0.3 is 10.6 Å². The molecular weight excluding hydrogens is 268 g/mol. The molecule has 3 nitrogen and oxygen atoms in total. The normalized spacial score (nSPS) is 30.0. The first-order valence-electron chi connectivity index (χ1n) is 8.15. The summed E-state index contributed by atoms with van der Waals surface area (Å²) in [5.41, 5.74) is 5.50. The van der Waals surface area contributed by atoms with Gasteiger partial charge in [0.25, 0.3) is 0 Å². The molecule has 0 aromatic carbocycles. The highest BCUT2D eigenvalue weighted by molar-refractivity contribution is 7.80. The van der Waals surface area contributed by atoms with E-state index >= 15 is 0 Å². The fourth-order valence-electron chi connectivity index (χ4n) is 3.98. The summed E-state index contributed by atoms with van der Waals surface area (Å²) in [5.74, 6) is 0.226. The van der Waals surface area contributed by atoms with Gasteiger partial charge in [-0.25, -0.2) is 0 Å². The first-order valence-corrected chi connectivity index (χ1v) is 8.56. The summed E-state index contributed by atoms with van der Waals surface area (Å²) in [7, 11) is 0. The van der Waals surface area contributed by atoms with Crippen LogP contribution in [0.4, 0.5) is 0 Å². The van der Waals surface area contributed by atoms with E-state index in [4.69, 9.17) is 18.0 Å². The fraction of sp³-hybridized carbons (Fsp3) is 0.875. The minimum atomic E-state index is -0.558. The molecule has 1 saturated heterocycles. The Bertz CT molecular complexity index is 375. The molecule has 2 rings (SSSR count). The molecule has 114 valence electrons. The maximum atomic E-state index is 13.3. The highest BCUT2D eigenvalue weighted by atomic mass is 32.1. The molecule has 2 aliphatic rings. The highest BCUT2D eigenvalue weighted by Gasteiger charge is 2.47. The van der Waals surface area contributed by atoms with Gasteiger partial charge in [-0.15, -0.1) is 0 Å². The van der Waals surface area contributed by atoms with Crippen molar-refractivity contribution in [3.05, 3.63) is 0 Å². The molecule has 2 atom stereocenters. The number of thiocarbonyl (C=S) groups is 1. The molecule has 1 amide bonds. The Hall–Kier alpha value is -0.640. The topological polar surface area (TPSA) is 46.3 Å². The molecule has 1 heterocycles. The van der Waals surface area contributed by atoms with E-state index in [1.165, 1.54) is 12.8 Å². The zero-order chi connectivity index (χ0) is 14.8. The van der Waals surface area contributed by atoms with E-state index in [-0.39, 0.29) is 5.91 Å². The monoisotopic (exact) mass is 296 g/mol. The van der Waals surface area contributed by atoms with Gasteiger partial charge in [0.15, 0.2) is 0 Å². The maximum Gasteiger partial charge on any atom is 0.236 e. The van der Waals surface area contributed by atoms with Crippen molar-refractivity contribution in [1.82, 2.24) is 4.90 Å². The lowest BCUT2D eigenvalue weighted by atomic mass is 9.78. The molecule has 0 aromatic rings. The summed E-state index contributed by atoms with van der Waals surface area (Å²) in [5, 5.41) is 0. The summed E-state index contributed by atoms with van der Waals surface area (Å²) >= 11 is 5.34. The van der Waals surface area contributed by atoms with Crippen LogP contribution in [-0.4, -0.2) is 27.9 Å². The first kappa shape index (κ1) is 15.7. The molecule has 2 unspecified atom stereocenters. The zero-order valence-electron chi connectivity index (χ0n) is 12.9. The van der Waals surface area contributed by atoms with Gasteiger partial charge in [0, 0.05) is 12.1 Å². The standard InChI is InChI=1S/C16H28N2OS/c1-3-13-9-8-12(2)18(13)15(19)16(14(17)20)10-6-4-5-7-11-16/h12-13H,3-11H2,1-2H3,(H2,17,20). The molecule has 0 bridgehead atoms. The summed E-state index contributed by atoms with van der Waals surface area (Å²) in [6.45, 7) is 4.33. The number of likely N-dealkylation sites (tertiary alicyclic amines) is 1. The van der Waals surface area contributed by atoms with E-state index < -0.39 is 5.41 Å². The number of carbonyl (C=O) groups is 1. The Labute approximate surface area is 128 Å². The number of nitrogens with zero attached hydrogens (tertiary/aromatic N) is 1. The molecule has 0 aromatic heterocycles. The van der Waals surface area contributed by atoms with Crippen LogP contribution < -0.4 is 5.73 Å². The van der Waals surface area contributed by atoms with Gasteiger partial charge in [0.05, 0.1) is 10.4 Å². The second-order valence-corrected chi connectivity index (χ2v) is 7.00. The zero-order valence-corrected chi connectivity index (χ0v) is 13.7. The Morgan fingerprint density at radius 2 is 1.85 bits per heavy atom. The number of carbonyl (C=O) groups excluding carboxylic acids is 1. The van der Waals surface area contributed by atoms with Crippen molar-refractivity contribution in [3.8, 4) is 0 Å². The smallest absolute Gasteiger partial charge is 0.236 e. The number of hydrogen-bond donors (Lipinski definition) is 1. The van der Waals surface area contributed by atoms with Gasteiger partial charge >= 0.3 is 0 Å². The van der Waals surface area contributed by atoms with E-state index in [9.17, 15) is 4.79 Å². The molecule has 1 aliphatic carbocycles. The van der Waals surface area contributed by atoms with Crippen LogP contribution >= 0.6 is 12.2 Å². The second kappa shape index (κ2) is 6.42. The van der Waals surface area contributed by atoms with Crippen LogP contribution in [0.5, 0.6) is 0 Å². The highest BCUT2D eigenvalue weighted by Crippen LogP contribution is 2.40. The molecule has 20 heavy (non-hydrogen) atoms. The second-order valence-electron chi connectivity index (χ2n) is 6.56. The molecule has 2 fully saturated rings. The van der Waals surface area contributed by atoms with Crippen molar-refractivity contribution in [1.29, 1.82) is 0 Å². The number of hydrogen-bond acceptors (Lipinski definition) is 2. The third-order valence-electron chi connectivity index (χ3n) is 5.33. The quantitative estimate of drug-likeness (QED) is 0.641. The number of rotatable bonds is 3. The average Bonchev–Trinajstić information content (AvgIpc) is 2.65. The van der Waals surface area contributed by atoms with E-state index in [0.29, 0.717) is 17.1 Å². The summed E-state index contributed by atoms with van der Waals surface area (Å²) in [6, 6.07) is 0.717. The predicted octanol–water partition coefficient (Wildman–Crippen LogP) is 3.40. The fourth-order valence-corrected chi connectivity index (χ4v) is 4.27. The lowest BCUT2D eigenvalue weighted by molar-refractivity contribution is -0.141. The Morgan fingerprint density at radius 1 is 1.25 bits per heavy atom. The van der Waals surface area contributed by atoms with Crippen molar-refractivity contribution >= 4 is 23.1 Å². The minimum absolute atomic E-state index is 0.226. The molecule has 1 saturated carbocycles. The van der Waals surface area contributed by atoms with Gasteiger partial charge in [0.1, 0.15) is 0 Å². The Balaban J connectivity index is 2.28. The van der Waals surface area contributed by atoms with Crippen LogP contribution in [0.3, 0.4) is 0 Å².